The molecule has 3 saturated carbocycles. The first-order valence-corrected chi connectivity index (χ1v) is 10.7. The topological polar surface area (TPSA) is 101 Å². The first-order valence-electron chi connectivity index (χ1n) is 10.7. The average molecular weight is 402 g/mol. The van der Waals surface area contributed by atoms with Gasteiger partial charge in [-0.25, -0.2) is 4.79 Å². The molecule has 0 aliphatic heterocycles. The Bertz CT molecular complexity index is 827. The van der Waals surface area contributed by atoms with Gasteiger partial charge in [0.25, 0.3) is 0 Å². The maximum atomic E-state index is 12.4. The first kappa shape index (κ1) is 20.3. The summed E-state index contributed by atoms with van der Waals surface area (Å²) in [6.07, 6.45) is 7.40. The van der Waals surface area contributed by atoms with Crippen LogP contribution in [0.15, 0.2) is 23.8 Å². The molecule has 7 atom stereocenters. The minimum atomic E-state index is -1.59. The van der Waals surface area contributed by atoms with Crippen molar-refractivity contribution in [3.05, 3.63) is 23.8 Å². The highest BCUT2D eigenvalue weighted by atomic mass is 16.6. The molecule has 0 amide bonds. The van der Waals surface area contributed by atoms with E-state index in [0.29, 0.717) is 6.42 Å². The minimum absolute atomic E-state index is 0.0108. The van der Waals surface area contributed by atoms with E-state index in [0.717, 1.165) is 18.4 Å². The summed E-state index contributed by atoms with van der Waals surface area (Å²) in [4.78, 5) is 36.4. The summed E-state index contributed by atoms with van der Waals surface area (Å²) >= 11 is 0. The summed E-state index contributed by atoms with van der Waals surface area (Å²) in [5.74, 6) is -1.55. The van der Waals surface area contributed by atoms with E-state index >= 15 is 0 Å². The Hall–Kier alpha value is -1.95. The van der Waals surface area contributed by atoms with Gasteiger partial charge in [0.1, 0.15) is 0 Å². The molecule has 158 valence electrons. The van der Waals surface area contributed by atoms with Crippen molar-refractivity contribution >= 4 is 17.7 Å². The number of hydrogen-bond donors (Lipinski definition) is 2. The predicted octanol–water partition coefficient (Wildman–Crippen LogP) is 3.04. The number of rotatable bonds is 3. The van der Waals surface area contributed by atoms with Gasteiger partial charge in [-0.15, -0.1) is 0 Å². The highest BCUT2D eigenvalue weighted by molar-refractivity contribution is 6.01. The molecule has 0 aromatic rings. The average Bonchev–Trinajstić information content (AvgIpc) is 2.94. The first-order chi connectivity index (χ1) is 13.6. The normalized spacial score (nSPS) is 45.7. The van der Waals surface area contributed by atoms with Gasteiger partial charge in [0.15, 0.2) is 5.78 Å². The SMILES string of the molecule is CCC(=O)O[C@]1(C(=O)O)CC[C@H]2[C@@H]3CCC4=CC(=O)C=C[C@]4(C)[C@H]3[C@@H](O)C[C@@]21C. The van der Waals surface area contributed by atoms with Crippen LogP contribution in [0.4, 0.5) is 0 Å². The summed E-state index contributed by atoms with van der Waals surface area (Å²) in [6.45, 7) is 5.63. The van der Waals surface area contributed by atoms with Crippen molar-refractivity contribution in [2.45, 2.75) is 71.0 Å². The molecule has 0 saturated heterocycles. The lowest BCUT2D eigenvalue weighted by molar-refractivity contribution is -0.209. The largest absolute Gasteiger partial charge is 0.478 e. The fourth-order valence-electron chi connectivity index (χ4n) is 7.14. The quantitative estimate of drug-likeness (QED) is 0.704. The van der Waals surface area contributed by atoms with Gasteiger partial charge in [-0.05, 0) is 56.1 Å². The lowest BCUT2D eigenvalue weighted by Crippen LogP contribution is -2.62. The van der Waals surface area contributed by atoms with Crippen LogP contribution in [0.2, 0.25) is 0 Å². The fourth-order valence-corrected chi connectivity index (χ4v) is 7.14. The number of aliphatic hydroxyl groups is 1. The van der Waals surface area contributed by atoms with Crippen LogP contribution in [0.5, 0.6) is 0 Å². The van der Waals surface area contributed by atoms with Gasteiger partial charge in [-0.1, -0.05) is 32.4 Å². The van der Waals surface area contributed by atoms with Crippen LogP contribution < -0.4 is 0 Å². The fraction of sp³-hybridized carbons (Fsp3) is 0.696. The molecular weight excluding hydrogens is 372 g/mol. The number of allylic oxidation sites excluding steroid dienone is 4. The predicted molar refractivity (Wildman–Crippen MR) is 105 cm³/mol. The molecule has 0 heterocycles. The smallest absolute Gasteiger partial charge is 0.348 e. The monoisotopic (exact) mass is 402 g/mol. The van der Waals surface area contributed by atoms with Crippen LogP contribution in [-0.2, 0) is 19.1 Å². The van der Waals surface area contributed by atoms with Crippen LogP contribution >= 0.6 is 0 Å². The zero-order valence-corrected chi connectivity index (χ0v) is 17.3. The number of fused-ring (bicyclic) bond motifs is 5. The van der Waals surface area contributed by atoms with E-state index in [1.807, 2.05) is 13.0 Å². The van der Waals surface area contributed by atoms with Crippen molar-refractivity contribution in [2.75, 3.05) is 0 Å². The number of esters is 1. The Morgan fingerprint density at radius 3 is 2.66 bits per heavy atom. The van der Waals surface area contributed by atoms with Gasteiger partial charge >= 0.3 is 11.9 Å². The summed E-state index contributed by atoms with van der Waals surface area (Å²) in [5.41, 5.74) is -1.75. The van der Waals surface area contributed by atoms with E-state index in [2.05, 4.69) is 6.92 Å². The molecular formula is C23H30O6. The molecule has 0 aromatic carbocycles. The van der Waals surface area contributed by atoms with E-state index in [4.69, 9.17) is 4.74 Å². The number of carboxylic acids is 1. The third kappa shape index (κ3) is 2.61. The van der Waals surface area contributed by atoms with Crippen molar-refractivity contribution in [2.24, 2.45) is 28.6 Å². The Morgan fingerprint density at radius 1 is 1.28 bits per heavy atom. The Labute approximate surface area is 171 Å². The molecule has 6 heteroatoms. The van der Waals surface area contributed by atoms with Gasteiger partial charge in [0.2, 0.25) is 5.60 Å². The molecule has 0 spiro atoms. The van der Waals surface area contributed by atoms with E-state index < -0.39 is 34.5 Å². The number of carbonyl (C=O) groups is 3. The van der Waals surface area contributed by atoms with Gasteiger partial charge in [-0.3, -0.25) is 9.59 Å². The van der Waals surface area contributed by atoms with Crippen molar-refractivity contribution in [3.63, 3.8) is 0 Å². The van der Waals surface area contributed by atoms with Crippen LogP contribution in [0, 0.1) is 28.6 Å². The third-order valence-electron chi connectivity index (χ3n) is 8.54. The van der Waals surface area contributed by atoms with Crippen molar-refractivity contribution < 1.29 is 29.3 Å². The van der Waals surface area contributed by atoms with Gasteiger partial charge in [0, 0.05) is 23.2 Å². The molecule has 0 unspecified atom stereocenters. The molecule has 4 aliphatic carbocycles. The van der Waals surface area contributed by atoms with Gasteiger partial charge in [0.05, 0.1) is 6.10 Å². The lowest BCUT2D eigenvalue weighted by atomic mass is 9.46. The zero-order valence-electron chi connectivity index (χ0n) is 17.3. The summed E-state index contributed by atoms with van der Waals surface area (Å²) in [5, 5.41) is 21.5. The second-order valence-corrected chi connectivity index (χ2v) is 9.71. The lowest BCUT2D eigenvalue weighted by Gasteiger charge is -2.59. The number of carbonyl (C=O) groups excluding carboxylic acids is 2. The number of aliphatic carboxylic acids is 1. The Balaban J connectivity index is 1.75. The molecule has 2 N–H and O–H groups in total. The van der Waals surface area contributed by atoms with Crippen LogP contribution in [0.25, 0.3) is 0 Å². The summed E-state index contributed by atoms with van der Waals surface area (Å²) in [7, 11) is 0. The molecule has 29 heavy (non-hydrogen) atoms. The Kier molecular flexibility index (Phi) is 4.57. The minimum Gasteiger partial charge on any atom is -0.478 e. The molecule has 0 aromatic heterocycles. The number of hydrogen-bond acceptors (Lipinski definition) is 5. The van der Waals surface area contributed by atoms with E-state index in [9.17, 15) is 24.6 Å². The molecule has 3 fully saturated rings. The second-order valence-electron chi connectivity index (χ2n) is 9.71. The standard InChI is InChI=1S/C23H30O6/c1-4-18(26)29-23(20(27)28)10-8-16-15-6-5-13-11-14(24)7-9-21(13,2)19(15)17(25)12-22(16,23)3/h7,9,11,15-17,19,25H,4-6,8,10,12H2,1-3H3,(H,27,28)/t15-,16-,17-,19+,21-,22-,23-/m0/s1. The van der Waals surface area contributed by atoms with Crippen LogP contribution in [-0.4, -0.2) is 39.6 Å². The third-order valence-corrected chi connectivity index (χ3v) is 8.54. The highest BCUT2D eigenvalue weighted by Gasteiger charge is 2.70. The van der Waals surface area contributed by atoms with Crippen molar-refractivity contribution in [3.8, 4) is 0 Å². The van der Waals surface area contributed by atoms with Crippen LogP contribution in [0.1, 0.15) is 59.3 Å². The maximum absolute atomic E-state index is 12.4. The maximum Gasteiger partial charge on any atom is 0.348 e. The van der Waals surface area contributed by atoms with Crippen molar-refractivity contribution in [1.29, 1.82) is 0 Å². The molecule has 4 rings (SSSR count). The number of aliphatic hydroxyl groups excluding tert-OH is 1. The molecule has 6 nitrogen and oxygen atoms in total. The number of ketones is 1. The number of carboxylic acid groups (broad SMARTS) is 1. The van der Waals surface area contributed by atoms with E-state index in [-0.39, 0.29) is 42.8 Å². The summed E-state index contributed by atoms with van der Waals surface area (Å²) < 4.78 is 5.64. The van der Waals surface area contributed by atoms with E-state index in [1.54, 1.807) is 19.1 Å². The van der Waals surface area contributed by atoms with Gasteiger partial charge in [-0.2, -0.15) is 0 Å². The molecule has 0 bridgehead atoms. The zero-order chi connectivity index (χ0) is 21.2. The highest BCUT2D eigenvalue weighted by Crippen LogP contribution is 2.67. The second kappa shape index (κ2) is 6.53. The van der Waals surface area contributed by atoms with Gasteiger partial charge < -0.3 is 14.9 Å². The van der Waals surface area contributed by atoms with E-state index in [1.165, 1.54) is 0 Å². The van der Waals surface area contributed by atoms with Crippen LogP contribution in [0.3, 0.4) is 0 Å². The molecule has 4 aliphatic rings. The number of ether oxygens (including phenoxy) is 1. The summed E-state index contributed by atoms with van der Waals surface area (Å²) in [6, 6.07) is 0. The molecule has 0 radical (unpaired) electrons. The Morgan fingerprint density at radius 2 is 2.00 bits per heavy atom. The van der Waals surface area contributed by atoms with Crippen molar-refractivity contribution in [1.82, 2.24) is 0 Å².